The van der Waals surface area contributed by atoms with Gasteiger partial charge in [-0.05, 0) is 36.9 Å². The van der Waals surface area contributed by atoms with E-state index in [0.717, 1.165) is 10.4 Å². The maximum Gasteiger partial charge on any atom is 0.343 e. The summed E-state index contributed by atoms with van der Waals surface area (Å²) in [5.41, 5.74) is 2.12. The number of aliphatic hydroxyl groups is 1. The van der Waals surface area contributed by atoms with Crippen LogP contribution in [0.4, 0.5) is 0 Å². The Morgan fingerprint density at radius 2 is 2.22 bits per heavy atom. The molecule has 4 nitrogen and oxygen atoms in total. The van der Waals surface area contributed by atoms with Crippen LogP contribution in [0.1, 0.15) is 17.4 Å². The summed E-state index contributed by atoms with van der Waals surface area (Å²) in [7, 11) is 1.28. The third kappa shape index (κ3) is 2.09. The van der Waals surface area contributed by atoms with Gasteiger partial charge in [0.2, 0.25) is 0 Å². The van der Waals surface area contributed by atoms with Gasteiger partial charge in [0.1, 0.15) is 11.3 Å². The smallest absolute Gasteiger partial charge is 0.343 e. The number of aryl methyl sites for hydroxylation is 1. The molecule has 2 rings (SSSR count). The largest absolute Gasteiger partial charge is 0.505 e. The van der Waals surface area contributed by atoms with E-state index >= 15 is 0 Å². The zero-order chi connectivity index (χ0) is 13.3. The van der Waals surface area contributed by atoms with E-state index in [0.29, 0.717) is 11.4 Å². The molecule has 0 spiro atoms. The first-order chi connectivity index (χ1) is 8.54. The molecular formula is C13H13NO3S. The fraction of sp³-hybridized carbons (Fsp3) is 0.231. The van der Waals surface area contributed by atoms with Crippen molar-refractivity contribution in [2.45, 2.75) is 13.8 Å². The molecule has 1 aromatic rings. The van der Waals surface area contributed by atoms with Gasteiger partial charge >= 0.3 is 5.97 Å². The van der Waals surface area contributed by atoms with Crippen molar-refractivity contribution < 1.29 is 14.6 Å². The molecular weight excluding hydrogens is 250 g/mol. The fourth-order valence-corrected chi connectivity index (χ4v) is 2.54. The Morgan fingerprint density at radius 3 is 2.78 bits per heavy atom. The molecule has 2 heterocycles. The topological polar surface area (TPSA) is 58.9 Å². The number of carbonyl (C=O) groups excluding carboxylic acids is 1. The summed E-state index contributed by atoms with van der Waals surface area (Å²) < 4.78 is 4.62. The molecule has 0 bridgehead atoms. The molecule has 1 aliphatic rings. The second-order valence-corrected chi connectivity index (χ2v) is 4.86. The maximum atomic E-state index is 11.5. The van der Waals surface area contributed by atoms with Crippen molar-refractivity contribution in [3.8, 4) is 0 Å². The van der Waals surface area contributed by atoms with Gasteiger partial charge in [0, 0.05) is 4.88 Å². The van der Waals surface area contributed by atoms with Crippen molar-refractivity contribution in [2.24, 2.45) is 4.99 Å². The first-order valence-corrected chi connectivity index (χ1v) is 6.26. The summed E-state index contributed by atoms with van der Waals surface area (Å²) in [4.78, 5) is 16.7. The van der Waals surface area contributed by atoms with Crippen molar-refractivity contribution in [3.05, 3.63) is 38.9 Å². The first-order valence-electron chi connectivity index (χ1n) is 5.38. The maximum absolute atomic E-state index is 11.5. The molecule has 94 valence electrons. The number of ether oxygens (including phenoxy) is 1. The van der Waals surface area contributed by atoms with Crippen LogP contribution in [-0.4, -0.2) is 23.9 Å². The average molecular weight is 263 g/mol. The fourth-order valence-electron chi connectivity index (χ4n) is 1.69. The summed E-state index contributed by atoms with van der Waals surface area (Å²) in [6.07, 6.45) is 1.77. The van der Waals surface area contributed by atoms with Gasteiger partial charge in [-0.2, -0.15) is 0 Å². The van der Waals surface area contributed by atoms with E-state index in [2.05, 4.69) is 9.73 Å². The number of carbonyl (C=O) groups is 1. The SMILES string of the molecule is COC(=O)C1=C(O)/C(=C/c2sccc2C)N=C1C. The highest BCUT2D eigenvalue weighted by atomic mass is 32.1. The van der Waals surface area contributed by atoms with E-state index in [1.807, 2.05) is 18.4 Å². The lowest BCUT2D eigenvalue weighted by Crippen LogP contribution is -2.11. The van der Waals surface area contributed by atoms with Gasteiger partial charge in [0.15, 0.2) is 5.76 Å². The van der Waals surface area contributed by atoms with Crippen molar-refractivity contribution in [1.82, 2.24) is 0 Å². The minimum Gasteiger partial charge on any atom is -0.505 e. The minimum atomic E-state index is -0.569. The van der Waals surface area contributed by atoms with E-state index in [4.69, 9.17) is 0 Å². The van der Waals surface area contributed by atoms with Crippen molar-refractivity contribution in [2.75, 3.05) is 7.11 Å². The molecule has 0 atom stereocenters. The molecule has 0 saturated heterocycles. The predicted octanol–water partition coefficient (Wildman–Crippen LogP) is 2.86. The second-order valence-electron chi connectivity index (χ2n) is 3.91. The highest BCUT2D eigenvalue weighted by Crippen LogP contribution is 2.28. The second kappa shape index (κ2) is 4.78. The molecule has 1 N–H and O–H groups in total. The molecule has 0 unspecified atom stereocenters. The Bertz CT molecular complexity index is 593. The molecule has 0 saturated carbocycles. The van der Waals surface area contributed by atoms with Crippen LogP contribution in [-0.2, 0) is 9.53 Å². The highest BCUT2D eigenvalue weighted by Gasteiger charge is 2.27. The number of aliphatic hydroxyl groups excluding tert-OH is 1. The van der Waals surface area contributed by atoms with Gasteiger partial charge in [0.05, 0.1) is 12.8 Å². The number of nitrogens with zero attached hydrogens (tertiary/aromatic N) is 1. The third-order valence-corrected chi connectivity index (χ3v) is 3.65. The van der Waals surface area contributed by atoms with E-state index in [1.165, 1.54) is 7.11 Å². The Hall–Kier alpha value is -1.88. The Balaban J connectivity index is 2.45. The van der Waals surface area contributed by atoms with E-state index in [1.54, 1.807) is 24.3 Å². The van der Waals surface area contributed by atoms with E-state index in [9.17, 15) is 9.90 Å². The predicted molar refractivity (Wildman–Crippen MR) is 71.8 cm³/mol. The lowest BCUT2D eigenvalue weighted by molar-refractivity contribution is -0.135. The molecule has 0 amide bonds. The number of rotatable bonds is 2. The highest BCUT2D eigenvalue weighted by molar-refractivity contribution is 7.11. The van der Waals surface area contributed by atoms with Crippen molar-refractivity contribution in [1.29, 1.82) is 0 Å². The minimum absolute atomic E-state index is 0.118. The van der Waals surface area contributed by atoms with E-state index in [-0.39, 0.29) is 11.3 Å². The molecule has 0 radical (unpaired) electrons. The number of aliphatic imine (C=N–C) groups is 1. The van der Waals surface area contributed by atoms with Gasteiger partial charge in [-0.3, -0.25) is 0 Å². The Labute approximate surface area is 109 Å². The van der Waals surface area contributed by atoms with E-state index < -0.39 is 5.97 Å². The van der Waals surface area contributed by atoms with Crippen LogP contribution in [0, 0.1) is 6.92 Å². The lowest BCUT2D eigenvalue weighted by Gasteiger charge is -2.00. The molecule has 0 aromatic carbocycles. The zero-order valence-electron chi connectivity index (χ0n) is 10.4. The van der Waals surface area contributed by atoms with Crippen molar-refractivity contribution in [3.63, 3.8) is 0 Å². The van der Waals surface area contributed by atoms with Crippen LogP contribution in [0.25, 0.3) is 6.08 Å². The third-order valence-electron chi connectivity index (χ3n) is 2.69. The van der Waals surface area contributed by atoms with Crippen molar-refractivity contribution >= 4 is 29.1 Å². The summed E-state index contributed by atoms with van der Waals surface area (Å²) in [5, 5.41) is 12.0. The monoisotopic (exact) mass is 263 g/mol. The van der Waals surface area contributed by atoms with Gasteiger partial charge < -0.3 is 9.84 Å². The summed E-state index contributed by atoms with van der Waals surface area (Å²) >= 11 is 1.56. The summed E-state index contributed by atoms with van der Waals surface area (Å²) in [6, 6.07) is 1.99. The van der Waals surface area contributed by atoms with Crippen LogP contribution >= 0.6 is 11.3 Å². The molecule has 1 aromatic heterocycles. The number of methoxy groups -OCH3 is 1. The average Bonchev–Trinajstić information content (AvgIpc) is 2.85. The molecule has 0 fully saturated rings. The zero-order valence-corrected chi connectivity index (χ0v) is 11.2. The molecule has 1 aliphatic heterocycles. The summed E-state index contributed by atoms with van der Waals surface area (Å²) in [6.45, 7) is 3.65. The van der Waals surface area contributed by atoms with Crippen LogP contribution in [0.3, 0.4) is 0 Å². The summed E-state index contributed by atoms with van der Waals surface area (Å²) in [5.74, 6) is -0.688. The van der Waals surface area contributed by atoms with Gasteiger partial charge in [0.25, 0.3) is 0 Å². The lowest BCUT2D eigenvalue weighted by atomic mass is 10.1. The van der Waals surface area contributed by atoms with Crippen LogP contribution in [0.2, 0.25) is 0 Å². The van der Waals surface area contributed by atoms with Gasteiger partial charge in [-0.1, -0.05) is 0 Å². The van der Waals surface area contributed by atoms with Crippen LogP contribution in [0.15, 0.2) is 33.5 Å². The van der Waals surface area contributed by atoms with Crippen LogP contribution in [0.5, 0.6) is 0 Å². The quantitative estimate of drug-likeness (QED) is 0.835. The molecule has 18 heavy (non-hydrogen) atoms. The molecule has 5 heteroatoms. The Morgan fingerprint density at radius 1 is 1.50 bits per heavy atom. The normalized spacial score (nSPS) is 17.3. The van der Waals surface area contributed by atoms with Crippen LogP contribution < -0.4 is 0 Å². The standard InChI is InChI=1S/C13H13NO3S/c1-7-4-5-18-10(7)6-9-12(15)11(8(2)14-9)13(16)17-3/h4-6,15H,1-3H3/b9-6-. The number of thiophene rings is 1. The Kier molecular flexibility index (Phi) is 3.34. The number of hydrogen-bond donors (Lipinski definition) is 1. The van der Waals surface area contributed by atoms with Gasteiger partial charge in [-0.25, -0.2) is 9.79 Å². The molecule has 0 aliphatic carbocycles. The number of esters is 1. The van der Waals surface area contributed by atoms with Gasteiger partial charge in [-0.15, -0.1) is 11.3 Å². The first kappa shape index (κ1) is 12.6. The number of hydrogen-bond acceptors (Lipinski definition) is 5.